The maximum atomic E-state index is 8.74. The molecule has 0 aliphatic carbocycles. The van der Waals surface area contributed by atoms with Crippen LogP contribution in [0.4, 0.5) is 0 Å². The molecule has 1 aromatic carbocycles. The number of rotatable bonds is 5. The molecule has 0 fully saturated rings. The number of aliphatic hydroxyl groups is 1. The van der Waals surface area contributed by atoms with Gasteiger partial charge in [-0.3, -0.25) is 4.90 Å². The van der Waals surface area contributed by atoms with E-state index in [0.717, 1.165) is 37.5 Å². The predicted molar refractivity (Wildman–Crippen MR) is 100 cm³/mol. The van der Waals surface area contributed by atoms with E-state index >= 15 is 0 Å². The minimum atomic E-state index is -0.0819. The average Bonchev–Trinajstić information content (AvgIpc) is 3.06. The highest BCUT2D eigenvalue weighted by atomic mass is 32.1. The smallest absolute Gasteiger partial charge is 0.104 e. The molecule has 2 N–H and O–H groups in total. The highest BCUT2D eigenvalue weighted by molar-refractivity contribution is 7.12. The van der Waals surface area contributed by atoms with Gasteiger partial charge < -0.3 is 10.4 Å². The summed E-state index contributed by atoms with van der Waals surface area (Å²) in [6.07, 6.45) is 1.15. The lowest BCUT2D eigenvalue weighted by Crippen LogP contribution is -2.41. The Morgan fingerprint density at radius 1 is 1.25 bits per heavy atom. The van der Waals surface area contributed by atoms with Gasteiger partial charge >= 0.3 is 0 Å². The third-order valence-corrected chi connectivity index (χ3v) is 5.32. The van der Waals surface area contributed by atoms with E-state index in [9.17, 15) is 0 Å². The Labute approximate surface area is 148 Å². The lowest BCUT2D eigenvalue weighted by molar-refractivity contribution is 0.229. The van der Waals surface area contributed by atoms with E-state index in [4.69, 9.17) is 5.11 Å². The van der Waals surface area contributed by atoms with E-state index in [2.05, 4.69) is 59.3 Å². The summed E-state index contributed by atoms with van der Waals surface area (Å²) in [5.41, 5.74) is 2.98. The fourth-order valence-corrected chi connectivity index (χ4v) is 3.94. The lowest BCUT2D eigenvalue weighted by atomic mass is 10.00. The first-order chi connectivity index (χ1) is 11.7. The van der Waals surface area contributed by atoms with Crippen molar-refractivity contribution in [1.82, 2.24) is 10.2 Å². The minimum Gasteiger partial charge on any atom is -0.384 e. The molecule has 2 aromatic rings. The molecule has 0 amide bonds. The molecule has 0 saturated carbocycles. The second-order valence-corrected chi connectivity index (χ2v) is 7.43. The van der Waals surface area contributed by atoms with Crippen molar-refractivity contribution in [2.24, 2.45) is 0 Å². The van der Waals surface area contributed by atoms with Gasteiger partial charge in [-0.1, -0.05) is 36.1 Å². The fourth-order valence-electron chi connectivity index (χ4n) is 3.10. The molecule has 2 heterocycles. The van der Waals surface area contributed by atoms with Crippen LogP contribution >= 0.6 is 11.3 Å². The predicted octanol–water partition coefficient (Wildman–Crippen LogP) is 2.63. The lowest BCUT2D eigenvalue weighted by Gasteiger charge is -2.31. The average molecular weight is 340 g/mol. The number of thiophene rings is 1. The molecule has 126 valence electrons. The van der Waals surface area contributed by atoms with Crippen LogP contribution in [0.1, 0.15) is 27.8 Å². The molecule has 3 nitrogen and oxygen atoms in total. The Morgan fingerprint density at radius 2 is 2.08 bits per heavy atom. The van der Waals surface area contributed by atoms with Gasteiger partial charge in [-0.15, -0.1) is 11.3 Å². The molecule has 1 unspecified atom stereocenters. The first kappa shape index (κ1) is 17.2. The zero-order valence-electron chi connectivity index (χ0n) is 14.1. The van der Waals surface area contributed by atoms with E-state index in [1.165, 1.54) is 16.0 Å². The van der Waals surface area contributed by atoms with Crippen LogP contribution in [-0.4, -0.2) is 35.7 Å². The number of hydrogen-bond donors (Lipinski definition) is 2. The Morgan fingerprint density at radius 3 is 2.92 bits per heavy atom. The van der Waals surface area contributed by atoms with Crippen molar-refractivity contribution in [2.75, 3.05) is 19.7 Å². The van der Waals surface area contributed by atoms with Gasteiger partial charge in [-0.2, -0.15) is 0 Å². The van der Waals surface area contributed by atoms with Crippen LogP contribution in [0.3, 0.4) is 0 Å². The summed E-state index contributed by atoms with van der Waals surface area (Å²) in [5, 5.41) is 12.4. The molecule has 4 heteroatoms. The van der Waals surface area contributed by atoms with Gasteiger partial charge in [-0.05, 0) is 36.6 Å². The highest BCUT2D eigenvalue weighted by Gasteiger charge is 2.17. The monoisotopic (exact) mass is 340 g/mol. The summed E-state index contributed by atoms with van der Waals surface area (Å²) in [4.78, 5) is 4.83. The molecule has 1 aliphatic heterocycles. The van der Waals surface area contributed by atoms with Crippen LogP contribution in [0.2, 0.25) is 0 Å². The van der Waals surface area contributed by atoms with E-state index in [1.807, 2.05) is 6.07 Å². The van der Waals surface area contributed by atoms with E-state index in [-0.39, 0.29) is 6.61 Å². The second kappa shape index (κ2) is 8.46. The normalized spacial score (nSPS) is 15.4. The van der Waals surface area contributed by atoms with Crippen LogP contribution in [0.25, 0.3) is 0 Å². The maximum absolute atomic E-state index is 8.74. The zero-order chi connectivity index (χ0) is 16.8. The first-order valence-corrected chi connectivity index (χ1v) is 9.27. The van der Waals surface area contributed by atoms with Crippen molar-refractivity contribution in [3.63, 3.8) is 0 Å². The van der Waals surface area contributed by atoms with Gasteiger partial charge in [0.15, 0.2) is 0 Å². The van der Waals surface area contributed by atoms with Crippen molar-refractivity contribution >= 4 is 11.3 Å². The largest absolute Gasteiger partial charge is 0.384 e. The topological polar surface area (TPSA) is 35.5 Å². The number of benzene rings is 1. The molecule has 1 aliphatic rings. The zero-order valence-corrected chi connectivity index (χ0v) is 14.9. The summed E-state index contributed by atoms with van der Waals surface area (Å²) in [6, 6.07) is 13.4. The number of aliphatic hydroxyl groups excluding tert-OH is 1. The van der Waals surface area contributed by atoms with Crippen molar-refractivity contribution in [2.45, 2.75) is 32.5 Å². The SMILES string of the molecule is CC(CN1CCc2ccccc2C1)NCc1ccc(C#CCO)s1. The van der Waals surface area contributed by atoms with Crippen LogP contribution < -0.4 is 5.32 Å². The number of hydrogen-bond acceptors (Lipinski definition) is 4. The summed E-state index contributed by atoms with van der Waals surface area (Å²) in [5.74, 6) is 5.65. The molecule has 24 heavy (non-hydrogen) atoms. The van der Waals surface area contributed by atoms with Gasteiger partial charge in [0.1, 0.15) is 6.61 Å². The van der Waals surface area contributed by atoms with Crippen LogP contribution in [0, 0.1) is 11.8 Å². The van der Waals surface area contributed by atoms with Gasteiger partial charge in [0.2, 0.25) is 0 Å². The molecule has 1 aromatic heterocycles. The van der Waals surface area contributed by atoms with Crippen LogP contribution in [0.15, 0.2) is 36.4 Å². The second-order valence-electron chi connectivity index (χ2n) is 6.26. The molecule has 1 atom stereocenters. The molecule has 0 spiro atoms. The van der Waals surface area contributed by atoms with Gasteiger partial charge in [0.25, 0.3) is 0 Å². The van der Waals surface area contributed by atoms with Crippen molar-refractivity contribution in [1.29, 1.82) is 0 Å². The van der Waals surface area contributed by atoms with Gasteiger partial charge in [0, 0.05) is 37.1 Å². The maximum Gasteiger partial charge on any atom is 0.104 e. The fraction of sp³-hybridized carbons (Fsp3) is 0.400. The van der Waals surface area contributed by atoms with Crippen molar-refractivity contribution in [3.8, 4) is 11.8 Å². The molecule has 3 rings (SSSR count). The van der Waals surface area contributed by atoms with Crippen molar-refractivity contribution < 1.29 is 5.11 Å². The van der Waals surface area contributed by atoms with E-state index in [1.54, 1.807) is 11.3 Å². The summed E-state index contributed by atoms with van der Waals surface area (Å²) >= 11 is 1.69. The third kappa shape index (κ3) is 4.68. The summed E-state index contributed by atoms with van der Waals surface area (Å²) < 4.78 is 0. The van der Waals surface area contributed by atoms with E-state index in [0.29, 0.717) is 6.04 Å². The molecule has 0 saturated heterocycles. The Hall–Kier alpha value is -1.64. The van der Waals surface area contributed by atoms with Crippen LogP contribution in [0.5, 0.6) is 0 Å². The quantitative estimate of drug-likeness (QED) is 0.822. The first-order valence-electron chi connectivity index (χ1n) is 8.45. The molecular formula is C20H24N2OS. The third-order valence-electron chi connectivity index (χ3n) is 4.32. The Kier molecular flexibility index (Phi) is 6.06. The highest BCUT2D eigenvalue weighted by Crippen LogP contribution is 2.19. The summed E-state index contributed by atoms with van der Waals surface area (Å²) in [7, 11) is 0. The van der Waals surface area contributed by atoms with Crippen LogP contribution in [-0.2, 0) is 19.5 Å². The minimum absolute atomic E-state index is 0.0819. The van der Waals surface area contributed by atoms with E-state index < -0.39 is 0 Å². The van der Waals surface area contributed by atoms with Gasteiger partial charge in [0.05, 0.1) is 4.88 Å². The summed E-state index contributed by atoms with van der Waals surface area (Å²) in [6.45, 7) is 6.31. The number of fused-ring (bicyclic) bond motifs is 1. The molecule has 0 bridgehead atoms. The number of nitrogens with one attached hydrogen (secondary N) is 1. The van der Waals surface area contributed by atoms with Gasteiger partial charge in [-0.25, -0.2) is 0 Å². The Bertz CT molecular complexity index is 728. The van der Waals surface area contributed by atoms with Crippen molar-refractivity contribution in [3.05, 3.63) is 57.3 Å². The molecular weight excluding hydrogens is 316 g/mol. The standard InChI is InChI=1S/C20H24N2OS/c1-16(21-13-20-9-8-19(24-20)7-4-12-23)14-22-11-10-17-5-2-3-6-18(17)15-22/h2-3,5-6,8-9,16,21,23H,10-15H2,1H3. The molecule has 0 radical (unpaired) electrons. The number of nitrogens with zero attached hydrogens (tertiary/aromatic N) is 1. The Balaban J connectivity index is 1.46.